The summed E-state index contributed by atoms with van der Waals surface area (Å²) in [5.74, 6) is 5.99. The Morgan fingerprint density at radius 3 is 1.38 bits per heavy atom. The summed E-state index contributed by atoms with van der Waals surface area (Å²) in [5, 5.41) is 35.7. The van der Waals surface area contributed by atoms with Gasteiger partial charge in [-0.25, -0.2) is 0 Å². The van der Waals surface area contributed by atoms with Crippen molar-refractivity contribution in [2.45, 2.75) is 95.9 Å². The number of benzene rings is 8. The number of aliphatic hydroxyl groups excluding tert-OH is 2. The van der Waals surface area contributed by atoms with Crippen LogP contribution in [-0.2, 0) is 54.3 Å². The van der Waals surface area contributed by atoms with Gasteiger partial charge in [-0.05, 0) is 171 Å². The van der Waals surface area contributed by atoms with Gasteiger partial charge in [-0.3, -0.25) is 34.4 Å². The molecule has 26 nitrogen and oxygen atoms in total. The van der Waals surface area contributed by atoms with Gasteiger partial charge in [0.15, 0.2) is 0 Å². The molecule has 5 aliphatic rings. The number of hydrogen-bond donors (Lipinski definition) is 5. The summed E-state index contributed by atoms with van der Waals surface area (Å²) in [5.41, 5.74) is 29.7. The Labute approximate surface area is 763 Å². The van der Waals surface area contributed by atoms with Gasteiger partial charge >= 0.3 is 41.5 Å². The molecule has 8 aromatic rings. The molecular weight excluding hydrogens is 1600 g/mol. The number of fused-ring (bicyclic) bond motifs is 6. The number of hydrogen-bond acceptors (Lipinski definition) is 25. The molecule has 670 valence electrons. The monoisotopic (exact) mass is 1730 g/mol. The number of ether oxygens (including phenoxy) is 11. The second-order valence-electron chi connectivity index (χ2n) is 25.8. The summed E-state index contributed by atoms with van der Waals surface area (Å²) < 4.78 is 56.9. The van der Waals surface area contributed by atoms with Crippen molar-refractivity contribution in [3.05, 3.63) is 255 Å². The Balaban J connectivity index is 0.000000754. The van der Waals surface area contributed by atoms with Gasteiger partial charge in [-0.1, -0.05) is 113 Å². The van der Waals surface area contributed by atoms with E-state index < -0.39 is 0 Å². The van der Waals surface area contributed by atoms with Gasteiger partial charge in [-0.15, -0.1) is 6.61 Å². The SMILES string of the molecule is C.C.CCO.CCO.CCOC(=O)CN.CCOC(=O)CNC(=CC1=NCCc2c(OC)cccc21)c1cccc(OC)c1.CCOCC.CC[O-].COc1cccc(C#N)c1.COc1cccc(C(N)=CC2=NCCc3c(OC)cccc32)c1.COc1cccc(C2=NCC(=O)N3CCc4c(OC)cccc4C3=C2)c1.COc1cccc2c1CCN=C2C.[Na+]. The molecule has 0 fully saturated rings. The van der Waals surface area contributed by atoms with Crippen LogP contribution in [0.25, 0.3) is 17.1 Å². The molecular formula is C98H130N9NaO17. The molecule has 27 heteroatoms. The van der Waals surface area contributed by atoms with Crippen LogP contribution in [-0.4, -0.2) is 205 Å². The number of esters is 2. The molecule has 0 saturated heterocycles. The van der Waals surface area contributed by atoms with Crippen molar-refractivity contribution in [2.24, 2.45) is 31.4 Å². The Kier molecular flexibility index (Phi) is 57.2. The molecule has 0 aromatic heterocycles. The van der Waals surface area contributed by atoms with Gasteiger partial charge in [0.25, 0.3) is 0 Å². The zero-order valence-electron chi connectivity index (χ0n) is 74.5. The number of carbonyl (C=O) groups excluding carboxylic acids is 3. The third-order valence-electron chi connectivity index (χ3n) is 18.0. The van der Waals surface area contributed by atoms with E-state index in [0.29, 0.717) is 37.6 Å². The van der Waals surface area contributed by atoms with E-state index in [0.717, 1.165) is 177 Å². The minimum atomic E-state index is -0.345. The summed E-state index contributed by atoms with van der Waals surface area (Å²) in [6.07, 6.45) is 9.37. The van der Waals surface area contributed by atoms with Gasteiger partial charge in [0.05, 0.1) is 111 Å². The number of nitrogens with one attached hydrogen (secondary N) is 1. The molecule has 5 heterocycles. The van der Waals surface area contributed by atoms with E-state index in [9.17, 15) is 14.4 Å². The summed E-state index contributed by atoms with van der Waals surface area (Å²) in [7, 11) is 13.3. The van der Waals surface area contributed by atoms with Crippen LogP contribution in [0.2, 0.25) is 0 Å². The van der Waals surface area contributed by atoms with Crippen LogP contribution in [0.3, 0.4) is 0 Å². The fourth-order valence-corrected chi connectivity index (χ4v) is 12.5. The number of aliphatic imine (C=N–C) groups is 4. The van der Waals surface area contributed by atoms with E-state index in [4.69, 9.17) is 84.4 Å². The Bertz CT molecular complexity index is 4840. The molecule has 125 heavy (non-hydrogen) atoms. The average molecular weight is 1730 g/mol. The number of nitrogens with zero attached hydrogens (tertiary/aromatic N) is 6. The van der Waals surface area contributed by atoms with E-state index in [1.165, 1.54) is 16.7 Å². The molecule has 1 amide bonds. The smallest absolute Gasteiger partial charge is 0.855 e. The molecule has 0 spiro atoms. The van der Waals surface area contributed by atoms with Crippen molar-refractivity contribution < 1.29 is 111 Å². The minimum absolute atomic E-state index is 0. The molecule has 0 bridgehead atoms. The minimum Gasteiger partial charge on any atom is -0.855 e. The maximum Gasteiger partial charge on any atom is 1.00 e. The molecule has 13 rings (SSSR count). The molecule has 7 N–H and O–H groups in total. The summed E-state index contributed by atoms with van der Waals surface area (Å²) >= 11 is 0. The first-order valence-corrected chi connectivity index (χ1v) is 40.4. The fourth-order valence-electron chi connectivity index (χ4n) is 12.5. The second kappa shape index (κ2) is 64.2. The van der Waals surface area contributed by atoms with E-state index in [1.54, 1.807) is 116 Å². The second-order valence-corrected chi connectivity index (χ2v) is 25.8. The van der Waals surface area contributed by atoms with Crippen LogP contribution < -0.4 is 89.3 Å². The van der Waals surface area contributed by atoms with Crippen LogP contribution in [0.4, 0.5) is 0 Å². The number of aliphatic hydroxyl groups is 2. The Hall–Kier alpha value is -11.6. The quantitative estimate of drug-likeness (QED) is 0.0329. The number of allylic oxidation sites excluding steroid dienone is 3. The predicted molar refractivity (Wildman–Crippen MR) is 497 cm³/mol. The standard InChI is InChI=1S/C23H26N2O4.C21H20N2O3.C19H20N2O2.C11H13NO.C8H7NO.C4H9NO2.C4H10O.2C2H6O.C2H5O.2CH4.Na/c1-4-29-23(26)15-25-20(16-7-5-8-17(13-16)27-2)14-21-18-9-6-10-22(28-3)19(18)11-12-24-21;1-25-15-6-3-5-14(11-15)18-12-19-16-7-4-8-20(26-2)17(16)9-10-23(19)21(24)13-22-18;1-22-14-6-3-5-13(11-14)17(20)12-18-15-7-4-8-19(23-2)16(15)9-10-21-18;1-8-9-4-3-5-11(13-2)10(9)6-7-12-8;1-10-8-4-2-3-7(5-8)6-9;1-2-7-4(6)3-5;1-3-5-4-2;3*1-2-3;;;/h5-10,13-14,25H,4,11-12,15H2,1-3H3;3-8,11-12H,9-10,13H2,1-2H3;3-8,11-12H,9-10,20H2,1-2H3;3-5H,6-7H2,1-2H3;2-5H,1H3;2-3,5H2,1H3;3-4H2,1-2H3;2*3H,2H2,1H3;2H2,1H3;2*1H4;/q;;;;;;;;;-1;;;+1. The number of nitriles is 1. The average Bonchev–Trinajstić information content (AvgIpc) is 1.75. The van der Waals surface area contributed by atoms with Gasteiger partial charge in [-0.2, -0.15) is 5.26 Å². The van der Waals surface area contributed by atoms with Crippen molar-refractivity contribution in [2.75, 3.05) is 149 Å². The number of carbonyl (C=O) groups is 3. The van der Waals surface area contributed by atoms with Crippen LogP contribution in [0.15, 0.2) is 208 Å². The summed E-state index contributed by atoms with van der Waals surface area (Å²) in [6, 6.07) is 56.2. The molecule has 0 saturated carbocycles. The first-order valence-electron chi connectivity index (χ1n) is 40.4. The van der Waals surface area contributed by atoms with Crippen LogP contribution >= 0.6 is 0 Å². The predicted octanol–water partition coefficient (Wildman–Crippen LogP) is 11.0. The number of methoxy groups -OCH3 is 8. The van der Waals surface area contributed by atoms with Gasteiger partial charge in [0, 0.05) is 131 Å². The molecule has 0 radical (unpaired) electrons. The van der Waals surface area contributed by atoms with Crippen molar-refractivity contribution in [3.8, 4) is 52.1 Å². The zero-order chi connectivity index (χ0) is 89.6. The maximum absolute atomic E-state index is 12.6. The van der Waals surface area contributed by atoms with Crippen molar-refractivity contribution in [1.82, 2.24) is 10.2 Å². The topological polar surface area (TPSA) is 357 Å². The number of rotatable bonds is 21. The third kappa shape index (κ3) is 36.6. The van der Waals surface area contributed by atoms with E-state index in [2.05, 4.69) is 44.1 Å². The molecule has 5 aliphatic heterocycles. The van der Waals surface area contributed by atoms with Gasteiger partial charge in [0.1, 0.15) is 59.1 Å². The molecule has 0 atom stereocenters. The third-order valence-corrected chi connectivity index (χ3v) is 18.0. The summed E-state index contributed by atoms with van der Waals surface area (Å²) in [6.45, 7) is 20.6. The molecule has 8 aromatic carbocycles. The van der Waals surface area contributed by atoms with E-state index in [1.807, 2.05) is 177 Å². The van der Waals surface area contributed by atoms with Gasteiger partial charge in [0.2, 0.25) is 5.91 Å². The fraction of sp³-hybridized carbons (Fsp3) is 0.367. The Morgan fingerprint density at radius 2 is 0.928 bits per heavy atom. The van der Waals surface area contributed by atoms with Crippen molar-refractivity contribution in [1.29, 1.82) is 5.26 Å². The van der Waals surface area contributed by atoms with Crippen LogP contribution in [0.5, 0.6) is 46.0 Å². The first-order chi connectivity index (χ1) is 59.2. The van der Waals surface area contributed by atoms with Crippen LogP contribution in [0, 0.1) is 11.3 Å². The van der Waals surface area contributed by atoms with Gasteiger partial charge < -0.3 is 89.1 Å². The van der Waals surface area contributed by atoms with Crippen molar-refractivity contribution in [3.63, 3.8) is 0 Å². The number of nitrogens with two attached hydrogens (primary N) is 2. The molecule has 0 unspecified atom stereocenters. The zero-order valence-corrected chi connectivity index (χ0v) is 76.5. The first kappa shape index (κ1) is 111. The maximum atomic E-state index is 12.6. The molecule has 0 aliphatic carbocycles. The Morgan fingerprint density at radius 1 is 0.520 bits per heavy atom. The largest absolute Gasteiger partial charge is 1.00 e. The normalized spacial score (nSPS) is 12.4. The van der Waals surface area contributed by atoms with E-state index in [-0.39, 0.29) is 102 Å². The summed E-state index contributed by atoms with van der Waals surface area (Å²) in [4.78, 5) is 54.7. The number of amides is 1. The van der Waals surface area contributed by atoms with Crippen LogP contribution in [0.1, 0.15) is 137 Å². The van der Waals surface area contributed by atoms with E-state index >= 15 is 0 Å². The van der Waals surface area contributed by atoms with Crippen molar-refractivity contribution >= 4 is 57.8 Å².